The van der Waals surface area contributed by atoms with E-state index in [4.69, 9.17) is 0 Å². The molecule has 0 aromatic carbocycles. The van der Waals surface area contributed by atoms with E-state index >= 15 is 0 Å². The maximum atomic E-state index is 4.67. The second-order valence-electron chi connectivity index (χ2n) is 10.3. The summed E-state index contributed by atoms with van der Waals surface area (Å²) in [5.74, 6) is 0.571. The summed E-state index contributed by atoms with van der Waals surface area (Å²) in [6.07, 6.45) is 14.2. The van der Waals surface area contributed by atoms with Gasteiger partial charge in [-0.1, -0.05) is 19.2 Å². The molecular formula is C30H34N8. The molecule has 0 radical (unpaired) electrons. The van der Waals surface area contributed by atoms with Crippen LogP contribution < -0.4 is 10.2 Å². The molecule has 194 valence electrons. The highest BCUT2D eigenvalue weighted by atomic mass is 15.3. The molecule has 0 unspecified atom stereocenters. The van der Waals surface area contributed by atoms with Crippen molar-refractivity contribution in [3.63, 3.8) is 0 Å². The van der Waals surface area contributed by atoms with Gasteiger partial charge in [0.15, 0.2) is 5.65 Å². The number of likely N-dealkylation sites (N-methyl/N-ethyl adjacent to an activating group) is 1. The van der Waals surface area contributed by atoms with Crippen LogP contribution in [0.3, 0.4) is 0 Å². The van der Waals surface area contributed by atoms with E-state index in [1.807, 2.05) is 31.6 Å². The lowest BCUT2D eigenvalue weighted by molar-refractivity contribution is 0.313. The fraction of sp³-hybridized carbons (Fsp3) is 0.300. The Balaban J connectivity index is 1.34. The lowest BCUT2D eigenvalue weighted by Crippen LogP contribution is -2.44. The van der Waals surface area contributed by atoms with Gasteiger partial charge in [0.1, 0.15) is 0 Å². The van der Waals surface area contributed by atoms with E-state index in [1.54, 1.807) is 0 Å². The van der Waals surface area contributed by atoms with Gasteiger partial charge in [0.25, 0.3) is 0 Å². The first kappa shape index (κ1) is 24.2. The topological polar surface area (TPSA) is 88.8 Å². The summed E-state index contributed by atoms with van der Waals surface area (Å²) >= 11 is 0. The number of anilines is 1. The normalized spacial score (nSPS) is 17.4. The third-order valence-corrected chi connectivity index (χ3v) is 7.60. The highest BCUT2D eigenvalue weighted by molar-refractivity contribution is 5.99. The first-order valence-electron chi connectivity index (χ1n) is 13.3. The highest BCUT2D eigenvalue weighted by Crippen LogP contribution is 2.35. The van der Waals surface area contributed by atoms with Crippen LogP contribution in [0.1, 0.15) is 25.3 Å². The van der Waals surface area contributed by atoms with E-state index in [-0.39, 0.29) is 0 Å². The number of nitrogens with zero attached hydrogens (tertiary/aromatic N) is 5. The van der Waals surface area contributed by atoms with Crippen molar-refractivity contribution in [2.24, 2.45) is 5.92 Å². The number of nitrogens with one attached hydrogen (secondary N) is 3. The minimum atomic E-state index is 0.571. The first-order valence-corrected chi connectivity index (χ1v) is 13.3. The smallest absolute Gasteiger partial charge is 0.181 e. The van der Waals surface area contributed by atoms with E-state index in [0.717, 1.165) is 71.0 Å². The minimum absolute atomic E-state index is 0.571. The molecule has 3 N–H and O–H groups in total. The minimum Gasteiger partial charge on any atom is -0.367 e. The molecule has 8 heteroatoms. The average Bonchev–Trinajstić information content (AvgIpc) is 3.57. The molecular weight excluding hydrogens is 472 g/mol. The summed E-state index contributed by atoms with van der Waals surface area (Å²) in [7, 11) is 2.17. The van der Waals surface area contributed by atoms with E-state index < -0.39 is 0 Å². The predicted octanol–water partition coefficient (Wildman–Crippen LogP) is 5.24. The lowest BCUT2D eigenvalue weighted by atomic mass is 10.0. The Morgan fingerprint density at radius 1 is 1.11 bits per heavy atom. The predicted molar refractivity (Wildman–Crippen MR) is 156 cm³/mol. The molecule has 1 aliphatic carbocycles. The summed E-state index contributed by atoms with van der Waals surface area (Å²) in [5, 5.41) is 13.3. The second kappa shape index (κ2) is 9.95. The number of fused-ring (bicyclic) bond motifs is 2. The number of aromatic amines is 2. The van der Waals surface area contributed by atoms with Crippen LogP contribution in [0.2, 0.25) is 0 Å². The molecule has 6 rings (SSSR count). The second-order valence-corrected chi connectivity index (χ2v) is 10.3. The summed E-state index contributed by atoms with van der Waals surface area (Å²) in [6, 6.07) is 4.35. The zero-order chi connectivity index (χ0) is 26.2. The molecule has 0 atom stereocenters. The van der Waals surface area contributed by atoms with E-state index in [1.165, 1.54) is 23.9 Å². The van der Waals surface area contributed by atoms with Crippen LogP contribution in [0.25, 0.3) is 38.9 Å². The molecule has 2 fully saturated rings. The number of hydrogen-bond donors (Lipinski definition) is 3. The van der Waals surface area contributed by atoms with E-state index in [9.17, 15) is 0 Å². The number of aromatic nitrogens is 5. The Kier molecular flexibility index (Phi) is 6.33. The molecule has 2 aliphatic rings. The Morgan fingerprint density at radius 2 is 1.92 bits per heavy atom. The zero-order valence-electron chi connectivity index (χ0n) is 22.1. The Morgan fingerprint density at radius 3 is 2.66 bits per heavy atom. The third-order valence-electron chi connectivity index (χ3n) is 7.60. The van der Waals surface area contributed by atoms with E-state index in [0.29, 0.717) is 11.6 Å². The summed E-state index contributed by atoms with van der Waals surface area (Å²) in [4.78, 5) is 17.5. The SMILES string of the molecule is C=C/C(=C\C(=C/C)c1cnc2n[nH]c(-c3cc4c(N5CCN(C)CC5)cncc4[nH]3)c2c1)NC(=C)C1CC1. The van der Waals surface area contributed by atoms with Crippen molar-refractivity contribution in [3.8, 4) is 11.4 Å². The molecule has 5 heterocycles. The number of rotatable bonds is 8. The van der Waals surface area contributed by atoms with Gasteiger partial charge in [0.2, 0.25) is 0 Å². The van der Waals surface area contributed by atoms with Crippen molar-refractivity contribution < 1.29 is 0 Å². The van der Waals surface area contributed by atoms with E-state index in [2.05, 4.69) is 84.8 Å². The summed E-state index contributed by atoms with van der Waals surface area (Å²) in [6.45, 7) is 14.3. The van der Waals surface area contributed by atoms with Gasteiger partial charge in [-0.25, -0.2) is 4.98 Å². The van der Waals surface area contributed by atoms with Crippen molar-refractivity contribution >= 4 is 33.2 Å². The third kappa shape index (κ3) is 4.63. The summed E-state index contributed by atoms with van der Waals surface area (Å²) in [5.41, 5.74) is 8.80. The van der Waals surface area contributed by atoms with Gasteiger partial charge >= 0.3 is 0 Å². The molecule has 0 bridgehead atoms. The van der Waals surface area contributed by atoms with Crippen LogP contribution in [-0.4, -0.2) is 63.3 Å². The fourth-order valence-electron chi connectivity index (χ4n) is 5.10. The monoisotopic (exact) mass is 506 g/mol. The maximum Gasteiger partial charge on any atom is 0.181 e. The average molecular weight is 507 g/mol. The van der Waals surface area contributed by atoms with Gasteiger partial charge in [0.05, 0.1) is 35.0 Å². The van der Waals surface area contributed by atoms with Gasteiger partial charge in [0, 0.05) is 60.1 Å². The highest BCUT2D eigenvalue weighted by Gasteiger charge is 2.25. The Hall–Kier alpha value is -4.17. The molecule has 1 saturated heterocycles. The van der Waals surface area contributed by atoms with Gasteiger partial charge in [-0.05, 0) is 62.6 Å². The van der Waals surface area contributed by atoms with Crippen LogP contribution >= 0.6 is 0 Å². The van der Waals surface area contributed by atoms with Crippen LogP contribution in [-0.2, 0) is 0 Å². The summed E-state index contributed by atoms with van der Waals surface area (Å²) < 4.78 is 0. The number of pyridine rings is 2. The van der Waals surface area contributed by atoms with Gasteiger partial charge in [-0.3, -0.25) is 10.1 Å². The Bertz CT molecular complexity index is 1570. The van der Waals surface area contributed by atoms with Crippen LogP contribution in [0.15, 0.2) is 73.5 Å². The molecule has 4 aromatic heterocycles. The zero-order valence-corrected chi connectivity index (χ0v) is 22.1. The van der Waals surface area contributed by atoms with Crippen LogP contribution in [0.4, 0.5) is 5.69 Å². The molecule has 0 amide bonds. The van der Waals surface area contributed by atoms with Gasteiger partial charge in [-0.2, -0.15) is 5.10 Å². The van der Waals surface area contributed by atoms with Crippen molar-refractivity contribution in [3.05, 3.63) is 79.1 Å². The van der Waals surface area contributed by atoms with Crippen molar-refractivity contribution in [1.29, 1.82) is 0 Å². The Labute approximate surface area is 222 Å². The van der Waals surface area contributed by atoms with Crippen molar-refractivity contribution in [2.75, 3.05) is 38.1 Å². The molecule has 8 nitrogen and oxygen atoms in total. The van der Waals surface area contributed by atoms with Gasteiger partial charge < -0.3 is 20.1 Å². The standard InChI is InChI=1S/C30H34N8/c1-5-20(13-23(6-2)33-19(3)21-7-8-21)22-14-25-29(35-36-30(25)32-16-22)26-15-24-27(34-26)17-31-18-28(24)38-11-9-37(4)10-12-38/h5-6,13-18,21,33-34H,2-3,7-12H2,1,4H3,(H,32,35,36)/b20-5+,23-13+. The fourth-order valence-corrected chi connectivity index (χ4v) is 5.10. The maximum absolute atomic E-state index is 4.67. The van der Waals surface area contributed by atoms with Crippen LogP contribution in [0, 0.1) is 5.92 Å². The molecule has 1 saturated carbocycles. The number of H-pyrrole nitrogens is 2. The number of piperazine rings is 1. The number of hydrogen-bond acceptors (Lipinski definition) is 6. The first-order chi connectivity index (χ1) is 18.5. The molecule has 1 aliphatic heterocycles. The number of allylic oxidation sites excluding steroid dienone is 5. The van der Waals surface area contributed by atoms with Crippen molar-refractivity contribution in [2.45, 2.75) is 19.8 Å². The lowest BCUT2D eigenvalue weighted by Gasteiger charge is -2.34. The largest absolute Gasteiger partial charge is 0.367 e. The molecule has 38 heavy (non-hydrogen) atoms. The molecule has 0 spiro atoms. The van der Waals surface area contributed by atoms with Gasteiger partial charge in [-0.15, -0.1) is 0 Å². The molecule has 4 aromatic rings. The van der Waals surface area contributed by atoms with Crippen molar-refractivity contribution in [1.82, 2.24) is 35.4 Å². The quantitative estimate of drug-likeness (QED) is 0.283. The van der Waals surface area contributed by atoms with Crippen LogP contribution in [0.5, 0.6) is 0 Å².